The van der Waals surface area contributed by atoms with Gasteiger partial charge in [-0.3, -0.25) is 4.90 Å². The molecule has 4 heterocycles. The lowest BCUT2D eigenvalue weighted by Gasteiger charge is -2.35. The van der Waals surface area contributed by atoms with Crippen molar-refractivity contribution in [3.05, 3.63) is 65.7 Å². The van der Waals surface area contributed by atoms with Gasteiger partial charge in [-0.1, -0.05) is 24.3 Å². The van der Waals surface area contributed by atoms with Crippen molar-refractivity contribution in [1.82, 2.24) is 4.90 Å². The van der Waals surface area contributed by atoms with E-state index in [1.54, 1.807) is 13.4 Å². The fraction of sp³-hybridized carbons (Fsp3) is 0.333. The molecule has 2 aromatic heterocycles. The van der Waals surface area contributed by atoms with Crippen LogP contribution in [0.25, 0.3) is 26.6 Å². The van der Waals surface area contributed by atoms with Crippen molar-refractivity contribution >= 4 is 38.0 Å². The highest BCUT2D eigenvalue weighted by Gasteiger charge is 2.38. The number of hydrogen-bond donors (Lipinski definition) is 1. The molecule has 0 saturated carbocycles. The highest BCUT2D eigenvalue weighted by atomic mass is 32.1. The highest BCUT2D eigenvalue weighted by Crippen LogP contribution is 2.43. The zero-order chi connectivity index (χ0) is 22.4. The van der Waals surface area contributed by atoms with Gasteiger partial charge >= 0.3 is 0 Å². The Bertz CT molecular complexity index is 1320. The lowest BCUT2D eigenvalue weighted by molar-refractivity contribution is 0.0549. The maximum atomic E-state index is 10.7. The molecule has 2 aliphatic heterocycles. The monoisotopic (exact) mass is 461 g/mol. The van der Waals surface area contributed by atoms with E-state index >= 15 is 0 Å². The second-order valence-corrected chi connectivity index (χ2v) is 10.0. The number of ether oxygens (including phenoxy) is 2. The first-order valence-electron chi connectivity index (χ1n) is 11.5. The summed E-state index contributed by atoms with van der Waals surface area (Å²) in [5.74, 6) is 1.62. The molecule has 2 aliphatic rings. The Morgan fingerprint density at radius 2 is 2.03 bits per heavy atom. The minimum Gasteiger partial charge on any atom is -0.496 e. The van der Waals surface area contributed by atoms with Crippen LogP contribution in [0.5, 0.6) is 11.5 Å². The first kappa shape index (κ1) is 20.8. The number of furan rings is 1. The van der Waals surface area contributed by atoms with Crippen LogP contribution in [0.1, 0.15) is 24.1 Å². The third kappa shape index (κ3) is 3.82. The number of methoxy groups -OCH3 is 1. The molecule has 0 aliphatic carbocycles. The van der Waals surface area contributed by atoms with Gasteiger partial charge in [0.25, 0.3) is 0 Å². The van der Waals surface area contributed by atoms with Crippen molar-refractivity contribution in [2.24, 2.45) is 0 Å². The molecule has 5 nitrogen and oxygen atoms in total. The van der Waals surface area contributed by atoms with Crippen LogP contribution in [0.2, 0.25) is 0 Å². The SMILES string of the molecule is COc1cccc2sc(C3=CC4CCC(C3)N4C[C@H](O)COc3coc4ccccc34)cc12. The lowest BCUT2D eigenvalue weighted by Crippen LogP contribution is -2.44. The Balaban J connectivity index is 1.14. The molecule has 0 amide bonds. The summed E-state index contributed by atoms with van der Waals surface area (Å²) in [6, 6.07) is 17.1. The summed E-state index contributed by atoms with van der Waals surface area (Å²) in [4.78, 5) is 3.79. The van der Waals surface area contributed by atoms with Crippen molar-refractivity contribution < 1.29 is 19.0 Å². The molecule has 2 unspecified atom stereocenters. The smallest absolute Gasteiger partial charge is 0.165 e. The van der Waals surface area contributed by atoms with E-state index in [9.17, 15) is 5.11 Å². The van der Waals surface area contributed by atoms with Crippen molar-refractivity contribution in [3.63, 3.8) is 0 Å². The molecule has 6 rings (SSSR count). The van der Waals surface area contributed by atoms with Crippen molar-refractivity contribution in [3.8, 4) is 11.5 Å². The molecule has 3 atom stereocenters. The van der Waals surface area contributed by atoms with Crippen LogP contribution in [-0.2, 0) is 0 Å². The zero-order valence-corrected chi connectivity index (χ0v) is 19.4. The van der Waals surface area contributed by atoms with Crippen LogP contribution >= 0.6 is 11.3 Å². The van der Waals surface area contributed by atoms with Gasteiger partial charge in [-0.05, 0) is 55.2 Å². The lowest BCUT2D eigenvalue weighted by atomic mass is 9.99. The maximum absolute atomic E-state index is 10.7. The topological polar surface area (TPSA) is 55.1 Å². The summed E-state index contributed by atoms with van der Waals surface area (Å²) in [5.41, 5.74) is 2.23. The van der Waals surface area contributed by atoms with Crippen LogP contribution in [0, 0.1) is 0 Å². The molecule has 4 aromatic rings. The fourth-order valence-electron chi connectivity index (χ4n) is 5.30. The van der Waals surface area contributed by atoms with Crippen molar-refractivity contribution in [2.45, 2.75) is 37.5 Å². The predicted octanol–water partition coefficient (Wildman–Crippen LogP) is 5.72. The predicted molar refractivity (Wildman–Crippen MR) is 132 cm³/mol. The molecular formula is C27H27NO4S. The minimum atomic E-state index is -0.551. The highest BCUT2D eigenvalue weighted by molar-refractivity contribution is 7.20. The molecule has 6 heteroatoms. The van der Waals surface area contributed by atoms with Gasteiger partial charge in [-0.2, -0.15) is 0 Å². The number of aliphatic hydroxyl groups excluding tert-OH is 1. The van der Waals surface area contributed by atoms with E-state index in [-0.39, 0.29) is 6.61 Å². The van der Waals surface area contributed by atoms with Crippen LogP contribution in [0.3, 0.4) is 0 Å². The summed E-state index contributed by atoms with van der Waals surface area (Å²) < 4.78 is 18.3. The van der Waals surface area contributed by atoms with Gasteiger partial charge in [0.1, 0.15) is 30.3 Å². The summed E-state index contributed by atoms with van der Waals surface area (Å²) in [6.45, 7) is 0.876. The van der Waals surface area contributed by atoms with E-state index in [0.29, 0.717) is 24.4 Å². The van der Waals surface area contributed by atoms with Gasteiger partial charge in [0, 0.05) is 33.6 Å². The number of fused-ring (bicyclic) bond motifs is 4. The van der Waals surface area contributed by atoms with Gasteiger partial charge in [-0.25, -0.2) is 0 Å². The number of nitrogens with zero attached hydrogens (tertiary/aromatic N) is 1. The van der Waals surface area contributed by atoms with E-state index in [1.165, 1.54) is 27.0 Å². The van der Waals surface area contributed by atoms with Gasteiger partial charge in [0.2, 0.25) is 0 Å². The molecule has 170 valence electrons. The minimum absolute atomic E-state index is 0.256. The van der Waals surface area contributed by atoms with E-state index in [4.69, 9.17) is 13.9 Å². The van der Waals surface area contributed by atoms with Crippen LogP contribution in [0.15, 0.2) is 65.3 Å². The summed E-state index contributed by atoms with van der Waals surface area (Å²) in [7, 11) is 1.73. The molecule has 2 aromatic carbocycles. The first-order chi connectivity index (χ1) is 16.2. The molecule has 1 N–H and O–H groups in total. The van der Waals surface area contributed by atoms with Crippen LogP contribution in [0.4, 0.5) is 0 Å². The van der Waals surface area contributed by atoms with E-state index in [0.717, 1.165) is 29.6 Å². The number of hydrogen-bond acceptors (Lipinski definition) is 6. The van der Waals surface area contributed by atoms with Crippen molar-refractivity contribution in [2.75, 3.05) is 20.3 Å². The van der Waals surface area contributed by atoms with Crippen LogP contribution < -0.4 is 9.47 Å². The van der Waals surface area contributed by atoms with E-state index in [1.807, 2.05) is 41.7 Å². The largest absolute Gasteiger partial charge is 0.496 e. The number of rotatable bonds is 7. The zero-order valence-electron chi connectivity index (χ0n) is 18.6. The van der Waals surface area contributed by atoms with Gasteiger partial charge in [0.15, 0.2) is 5.75 Å². The first-order valence-corrected chi connectivity index (χ1v) is 12.3. The molecule has 0 spiro atoms. The third-order valence-electron chi connectivity index (χ3n) is 6.90. The molecule has 33 heavy (non-hydrogen) atoms. The molecule has 1 saturated heterocycles. The summed E-state index contributed by atoms with van der Waals surface area (Å²) in [6.07, 6.45) is 6.81. The molecule has 0 radical (unpaired) electrons. The fourth-order valence-corrected chi connectivity index (χ4v) is 6.42. The number of benzene rings is 2. The Hall–Kier alpha value is -2.80. The number of aliphatic hydroxyl groups is 1. The van der Waals surface area contributed by atoms with E-state index < -0.39 is 6.10 Å². The summed E-state index contributed by atoms with van der Waals surface area (Å²) in [5, 5.41) is 12.9. The normalized spacial score (nSPS) is 21.5. The van der Waals surface area contributed by atoms with Gasteiger partial charge < -0.3 is 19.0 Å². The Morgan fingerprint density at radius 3 is 2.91 bits per heavy atom. The molecule has 2 bridgehead atoms. The molecular weight excluding hydrogens is 434 g/mol. The van der Waals surface area contributed by atoms with Gasteiger partial charge in [-0.15, -0.1) is 11.3 Å². The third-order valence-corrected chi connectivity index (χ3v) is 8.07. The quantitative estimate of drug-likeness (QED) is 0.382. The number of para-hydroxylation sites is 1. The summed E-state index contributed by atoms with van der Waals surface area (Å²) >= 11 is 1.84. The average Bonchev–Trinajstić information content (AvgIpc) is 3.51. The van der Waals surface area contributed by atoms with E-state index in [2.05, 4.69) is 29.2 Å². The Labute approximate surface area is 196 Å². The number of thiophene rings is 1. The second-order valence-electron chi connectivity index (χ2n) is 8.94. The van der Waals surface area contributed by atoms with Crippen molar-refractivity contribution in [1.29, 1.82) is 0 Å². The average molecular weight is 462 g/mol. The molecule has 1 fully saturated rings. The van der Waals surface area contributed by atoms with Crippen LogP contribution in [-0.4, -0.2) is 48.5 Å². The Kier molecular flexibility index (Phi) is 5.37. The maximum Gasteiger partial charge on any atom is 0.165 e. The standard InChI is InChI=1S/C27H27NO4S/c1-30-23-7-4-8-26-22(23)13-27(33-26)17-11-18-9-10-19(12-17)28(18)14-20(29)15-31-25-16-32-24-6-3-2-5-21(24)25/h2-8,11,13,16,18-20,29H,9-10,12,14-15H2,1H3/t18?,19?,20-/m0/s1. The van der Waals surface area contributed by atoms with Gasteiger partial charge in [0.05, 0.1) is 12.5 Å². The Morgan fingerprint density at radius 1 is 1.12 bits per heavy atom. The second kappa shape index (κ2) is 8.52.